The number of ether oxygens (including phenoxy) is 2. The molecule has 2 aliphatic heterocycles. The number of pyridine rings is 1. The van der Waals surface area contributed by atoms with Gasteiger partial charge in [0.05, 0.1) is 30.9 Å². The zero-order valence-electron chi connectivity index (χ0n) is 20.7. The maximum Gasteiger partial charge on any atom is 0.142 e. The summed E-state index contributed by atoms with van der Waals surface area (Å²) in [7, 11) is 0. The second kappa shape index (κ2) is 10.4. The van der Waals surface area contributed by atoms with Gasteiger partial charge in [-0.3, -0.25) is 4.90 Å². The van der Waals surface area contributed by atoms with E-state index in [1.165, 1.54) is 18.4 Å². The lowest BCUT2D eigenvalue weighted by Gasteiger charge is -2.27. The van der Waals surface area contributed by atoms with E-state index in [1.807, 2.05) is 13.1 Å². The fourth-order valence-corrected chi connectivity index (χ4v) is 5.36. The predicted octanol–water partition coefficient (Wildman–Crippen LogP) is 4.34. The minimum Gasteiger partial charge on any atom is -0.380 e. The van der Waals surface area contributed by atoms with E-state index < -0.39 is 0 Å². The third-order valence-electron chi connectivity index (χ3n) is 7.21. The molecular formula is C27H37N5O2. The first kappa shape index (κ1) is 23.3. The molecule has 2 aromatic heterocycles. The number of fused-ring (bicyclic) bond motifs is 1. The molecule has 0 radical (unpaired) electrons. The summed E-state index contributed by atoms with van der Waals surface area (Å²) in [4.78, 5) is 14.8. The Labute approximate surface area is 202 Å². The van der Waals surface area contributed by atoms with E-state index in [-0.39, 0.29) is 0 Å². The zero-order valence-corrected chi connectivity index (χ0v) is 20.7. The van der Waals surface area contributed by atoms with Gasteiger partial charge >= 0.3 is 0 Å². The van der Waals surface area contributed by atoms with Crippen LogP contribution in [0.2, 0.25) is 0 Å². The van der Waals surface area contributed by atoms with E-state index in [4.69, 9.17) is 19.4 Å². The third-order valence-corrected chi connectivity index (χ3v) is 7.21. The lowest BCUT2D eigenvalue weighted by molar-refractivity contribution is 0.0342. The molecule has 1 aromatic carbocycles. The molecule has 0 bridgehead atoms. The molecule has 34 heavy (non-hydrogen) atoms. The summed E-state index contributed by atoms with van der Waals surface area (Å²) in [6.07, 6.45) is 4.44. The van der Waals surface area contributed by atoms with Gasteiger partial charge in [0.2, 0.25) is 0 Å². The largest absolute Gasteiger partial charge is 0.380 e. The molecule has 7 nitrogen and oxygen atoms in total. The van der Waals surface area contributed by atoms with Crippen molar-refractivity contribution >= 4 is 16.9 Å². The van der Waals surface area contributed by atoms with E-state index >= 15 is 0 Å². The van der Waals surface area contributed by atoms with Crippen LogP contribution >= 0.6 is 0 Å². The Hall–Kier alpha value is -2.48. The average molecular weight is 464 g/mol. The van der Waals surface area contributed by atoms with Crippen LogP contribution in [0.1, 0.15) is 39.2 Å². The van der Waals surface area contributed by atoms with Gasteiger partial charge in [0.1, 0.15) is 11.6 Å². The Morgan fingerprint density at radius 2 is 1.85 bits per heavy atom. The highest BCUT2D eigenvalue weighted by Crippen LogP contribution is 2.31. The molecule has 7 heteroatoms. The standard InChI is InChI=1S/C27H37N5O2/c1-4-33-16-13-31-25-9-7-22(19-30-11-14-34-15-12-30)17-24(25)29-27(31)23-8-10-26(28-18-23)32-20(2)5-6-21(32)3/h7-10,17-18,20-21H,4-6,11-16,19H2,1-3H3/t20-,21-/m0/s1. The summed E-state index contributed by atoms with van der Waals surface area (Å²) in [5.41, 5.74) is 4.51. The number of nitrogens with zero attached hydrogens (tertiary/aromatic N) is 5. The lowest BCUT2D eigenvalue weighted by atomic mass is 10.2. The SMILES string of the molecule is CCOCCn1c(-c2ccc(N3[C@@H](C)CC[C@@H]3C)nc2)nc2cc(CN3CCOCC3)ccc21. The lowest BCUT2D eigenvalue weighted by Crippen LogP contribution is -2.35. The molecule has 2 fully saturated rings. The Bertz CT molecular complexity index is 1080. The van der Waals surface area contributed by atoms with Crippen molar-refractivity contribution in [2.45, 2.75) is 58.8 Å². The highest BCUT2D eigenvalue weighted by atomic mass is 16.5. The van der Waals surface area contributed by atoms with Crippen molar-refractivity contribution in [1.29, 1.82) is 0 Å². The molecule has 0 spiro atoms. The second-order valence-electron chi connectivity index (χ2n) is 9.58. The van der Waals surface area contributed by atoms with Crippen molar-refractivity contribution in [1.82, 2.24) is 19.4 Å². The van der Waals surface area contributed by atoms with Gasteiger partial charge in [-0.05, 0) is 63.4 Å². The Balaban J connectivity index is 1.45. The van der Waals surface area contributed by atoms with Crippen LogP contribution < -0.4 is 4.90 Å². The molecule has 4 heterocycles. The number of hydrogen-bond donors (Lipinski definition) is 0. The summed E-state index contributed by atoms with van der Waals surface area (Å²) >= 11 is 0. The summed E-state index contributed by atoms with van der Waals surface area (Å²) in [6.45, 7) is 13.3. The van der Waals surface area contributed by atoms with Crippen molar-refractivity contribution in [2.75, 3.05) is 44.4 Å². The van der Waals surface area contributed by atoms with Gasteiger partial charge in [0, 0.05) is 56.6 Å². The molecule has 5 rings (SSSR count). The van der Waals surface area contributed by atoms with Gasteiger partial charge in [-0.25, -0.2) is 9.97 Å². The second-order valence-corrected chi connectivity index (χ2v) is 9.58. The Morgan fingerprint density at radius 1 is 1.06 bits per heavy atom. The van der Waals surface area contributed by atoms with E-state index in [9.17, 15) is 0 Å². The monoisotopic (exact) mass is 463 g/mol. The maximum atomic E-state index is 5.69. The van der Waals surface area contributed by atoms with Crippen molar-refractivity contribution in [2.24, 2.45) is 0 Å². The van der Waals surface area contributed by atoms with Crippen molar-refractivity contribution < 1.29 is 9.47 Å². The minimum atomic E-state index is 0.536. The minimum absolute atomic E-state index is 0.536. The number of rotatable bonds is 8. The van der Waals surface area contributed by atoms with Crippen molar-refractivity contribution in [3.05, 3.63) is 42.1 Å². The normalized spacial score (nSPS) is 21.6. The summed E-state index contributed by atoms with van der Waals surface area (Å²) in [6, 6.07) is 12.1. The number of anilines is 1. The zero-order chi connectivity index (χ0) is 23.5. The Morgan fingerprint density at radius 3 is 2.56 bits per heavy atom. The Kier molecular flexibility index (Phi) is 7.13. The number of morpholine rings is 1. The van der Waals surface area contributed by atoms with Crippen LogP contribution in [0.3, 0.4) is 0 Å². The van der Waals surface area contributed by atoms with Crippen LogP contribution in [0.5, 0.6) is 0 Å². The first-order valence-electron chi connectivity index (χ1n) is 12.8. The van der Waals surface area contributed by atoms with Crippen LogP contribution in [-0.4, -0.2) is 71.0 Å². The fourth-order valence-electron chi connectivity index (χ4n) is 5.36. The molecule has 0 aliphatic carbocycles. The topological polar surface area (TPSA) is 55.7 Å². The summed E-state index contributed by atoms with van der Waals surface area (Å²) < 4.78 is 13.5. The van der Waals surface area contributed by atoms with E-state index in [2.05, 4.69) is 58.5 Å². The van der Waals surface area contributed by atoms with Gasteiger partial charge in [0.25, 0.3) is 0 Å². The van der Waals surface area contributed by atoms with Crippen LogP contribution in [0.4, 0.5) is 5.82 Å². The maximum absolute atomic E-state index is 5.69. The molecule has 0 N–H and O–H groups in total. The van der Waals surface area contributed by atoms with Gasteiger partial charge in [0.15, 0.2) is 0 Å². The summed E-state index contributed by atoms with van der Waals surface area (Å²) in [5, 5.41) is 0. The predicted molar refractivity (Wildman–Crippen MR) is 136 cm³/mol. The molecule has 182 valence electrons. The molecule has 2 aliphatic rings. The number of imidazole rings is 1. The average Bonchev–Trinajstić information content (AvgIpc) is 3.39. The van der Waals surface area contributed by atoms with Crippen LogP contribution in [0, 0.1) is 0 Å². The molecule has 2 atom stereocenters. The first-order chi connectivity index (χ1) is 16.6. The van der Waals surface area contributed by atoms with Gasteiger partial charge < -0.3 is 18.9 Å². The molecule has 3 aromatic rings. The first-order valence-corrected chi connectivity index (χ1v) is 12.8. The fraction of sp³-hybridized carbons (Fsp3) is 0.556. The van der Waals surface area contributed by atoms with Crippen LogP contribution in [-0.2, 0) is 22.6 Å². The smallest absolute Gasteiger partial charge is 0.142 e. The van der Waals surface area contributed by atoms with Gasteiger partial charge in [-0.15, -0.1) is 0 Å². The third kappa shape index (κ3) is 4.83. The number of hydrogen-bond acceptors (Lipinski definition) is 6. The van der Waals surface area contributed by atoms with E-state index in [0.717, 1.165) is 67.6 Å². The molecule has 2 saturated heterocycles. The van der Waals surface area contributed by atoms with Crippen molar-refractivity contribution in [3.63, 3.8) is 0 Å². The molecular weight excluding hydrogens is 426 g/mol. The quantitative estimate of drug-likeness (QED) is 0.463. The summed E-state index contributed by atoms with van der Waals surface area (Å²) in [5.74, 6) is 2.02. The van der Waals surface area contributed by atoms with Crippen LogP contribution in [0.25, 0.3) is 22.4 Å². The number of aromatic nitrogens is 3. The highest BCUT2D eigenvalue weighted by Gasteiger charge is 2.28. The number of benzene rings is 1. The molecule has 0 unspecified atom stereocenters. The van der Waals surface area contributed by atoms with Gasteiger partial charge in [-0.2, -0.15) is 0 Å². The molecule has 0 amide bonds. The molecule has 0 saturated carbocycles. The van der Waals surface area contributed by atoms with Gasteiger partial charge in [-0.1, -0.05) is 6.07 Å². The van der Waals surface area contributed by atoms with Crippen LogP contribution in [0.15, 0.2) is 36.5 Å². The van der Waals surface area contributed by atoms with Crippen molar-refractivity contribution in [3.8, 4) is 11.4 Å². The van der Waals surface area contributed by atoms with E-state index in [0.29, 0.717) is 25.3 Å². The van der Waals surface area contributed by atoms with E-state index in [1.54, 1.807) is 0 Å². The highest BCUT2D eigenvalue weighted by molar-refractivity contribution is 5.81.